The second-order valence-corrected chi connectivity index (χ2v) is 9.06. The highest BCUT2D eigenvalue weighted by molar-refractivity contribution is 5.75. The summed E-state index contributed by atoms with van der Waals surface area (Å²) in [6, 6.07) is 33.0. The van der Waals surface area contributed by atoms with Gasteiger partial charge in [-0.3, -0.25) is 0 Å². The first-order chi connectivity index (χ1) is 14.5. The van der Waals surface area contributed by atoms with Gasteiger partial charge in [0.2, 0.25) is 0 Å². The van der Waals surface area contributed by atoms with Crippen LogP contribution in [0.4, 0.5) is 0 Å². The van der Waals surface area contributed by atoms with Crippen molar-refractivity contribution in [2.24, 2.45) is 0 Å². The normalized spacial score (nSPS) is 16.6. The van der Waals surface area contributed by atoms with Gasteiger partial charge in [-0.05, 0) is 41.3 Å². The molecule has 146 valence electrons. The Kier molecular flexibility index (Phi) is 3.42. The number of rotatable bonds is 0. The lowest BCUT2D eigenvalue weighted by molar-refractivity contribution is 0.425. The summed E-state index contributed by atoms with van der Waals surface area (Å²) < 4.78 is 6.42. The summed E-state index contributed by atoms with van der Waals surface area (Å²) in [5, 5.41) is 0. The Morgan fingerprint density at radius 1 is 0.533 bits per heavy atom. The lowest BCUT2D eigenvalue weighted by atomic mass is 9.53. The van der Waals surface area contributed by atoms with Crippen molar-refractivity contribution in [1.29, 1.82) is 0 Å². The molecule has 1 spiro atoms. The maximum Gasteiger partial charge on any atom is 0.132 e. The van der Waals surface area contributed by atoms with Gasteiger partial charge in [0, 0.05) is 16.5 Å². The van der Waals surface area contributed by atoms with E-state index in [4.69, 9.17) is 4.74 Å². The average Bonchev–Trinajstić information content (AvgIpc) is 2.77. The summed E-state index contributed by atoms with van der Waals surface area (Å²) in [6.45, 7) is 6.90. The van der Waals surface area contributed by atoms with E-state index in [0.29, 0.717) is 0 Å². The summed E-state index contributed by atoms with van der Waals surface area (Å²) in [5.74, 6) is 1.89. The van der Waals surface area contributed by atoms with Crippen molar-refractivity contribution >= 4 is 0 Å². The number of para-hydroxylation sites is 2. The van der Waals surface area contributed by atoms with Crippen LogP contribution in [0.5, 0.6) is 11.5 Å². The fourth-order valence-electron chi connectivity index (χ4n) is 5.73. The molecule has 0 amide bonds. The van der Waals surface area contributed by atoms with Crippen LogP contribution < -0.4 is 4.74 Å². The molecule has 0 radical (unpaired) electrons. The van der Waals surface area contributed by atoms with E-state index in [1.807, 2.05) is 0 Å². The van der Waals surface area contributed by atoms with Crippen molar-refractivity contribution in [2.75, 3.05) is 0 Å². The Bertz CT molecular complexity index is 1270. The fraction of sp³-hybridized carbons (Fsp3) is 0.172. The van der Waals surface area contributed by atoms with Crippen LogP contribution in [0.25, 0.3) is 0 Å². The van der Waals surface area contributed by atoms with Crippen molar-refractivity contribution in [1.82, 2.24) is 0 Å². The second kappa shape index (κ2) is 5.86. The number of hydrogen-bond donors (Lipinski definition) is 0. The van der Waals surface area contributed by atoms with E-state index in [1.165, 1.54) is 38.9 Å². The molecule has 0 atom stereocenters. The van der Waals surface area contributed by atoms with Crippen LogP contribution in [0.3, 0.4) is 0 Å². The monoisotopic (exact) mass is 388 g/mol. The van der Waals surface area contributed by atoms with E-state index < -0.39 is 0 Å². The predicted octanol–water partition coefficient (Wildman–Crippen LogP) is 7.12. The van der Waals surface area contributed by atoms with Crippen LogP contribution >= 0.6 is 0 Å². The first-order valence-corrected chi connectivity index (χ1v) is 10.6. The molecule has 1 aliphatic carbocycles. The van der Waals surface area contributed by atoms with Gasteiger partial charge in [0.05, 0.1) is 5.41 Å². The molecule has 0 unspecified atom stereocenters. The minimum atomic E-state index is -0.390. The third-order valence-corrected chi connectivity index (χ3v) is 7.06. The number of ether oxygens (including phenoxy) is 1. The van der Waals surface area contributed by atoms with Crippen molar-refractivity contribution in [3.05, 3.63) is 130 Å². The van der Waals surface area contributed by atoms with Crippen LogP contribution in [-0.4, -0.2) is 0 Å². The van der Waals surface area contributed by atoms with Gasteiger partial charge in [0.1, 0.15) is 11.5 Å². The Morgan fingerprint density at radius 2 is 1.03 bits per heavy atom. The first-order valence-electron chi connectivity index (χ1n) is 10.6. The summed E-state index contributed by atoms with van der Waals surface area (Å²) in [7, 11) is 0. The summed E-state index contributed by atoms with van der Waals surface area (Å²) >= 11 is 0. The largest absolute Gasteiger partial charge is 0.457 e. The maximum absolute atomic E-state index is 6.42. The third-order valence-electron chi connectivity index (χ3n) is 7.06. The summed E-state index contributed by atoms with van der Waals surface area (Å²) in [4.78, 5) is 0. The van der Waals surface area contributed by atoms with Gasteiger partial charge in [-0.15, -0.1) is 0 Å². The van der Waals surface area contributed by atoms with Crippen molar-refractivity contribution < 1.29 is 4.74 Å². The third kappa shape index (κ3) is 2.02. The number of fused-ring (bicyclic) bond motifs is 8. The van der Waals surface area contributed by atoms with Gasteiger partial charge in [-0.2, -0.15) is 0 Å². The van der Waals surface area contributed by atoms with Gasteiger partial charge in [-0.1, -0.05) is 98.3 Å². The predicted molar refractivity (Wildman–Crippen MR) is 122 cm³/mol. The molecular formula is C29H24O. The smallest absolute Gasteiger partial charge is 0.132 e. The van der Waals surface area contributed by atoms with E-state index in [0.717, 1.165) is 11.5 Å². The van der Waals surface area contributed by atoms with Crippen LogP contribution in [0.1, 0.15) is 52.8 Å². The topological polar surface area (TPSA) is 9.23 Å². The molecule has 6 rings (SSSR count). The van der Waals surface area contributed by atoms with Crippen molar-refractivity contribution in [3.8, 4) is 11.5 Å². The summed E-state index contributed by atoms with van der Waals surface area (Å²) in [5.41, 5.74) is 8.75. The molecule has 1 nitrogen and oxygen atoms in total. The zero-order valence-corrected chi connectivity index (χ0v) is 17.6. The lowest BCUT2D eigenvalue weighted by Gasteiger charge is -2.50. The highest BCUT2D eigenvalue weighted by atomic mass is 16.5. The molecule has 0 N–H and O–H groups in total. The Morgan fingerprint density at radius 3 is 1.67 bits per heavy atom. The van der Waals surface area contributed by atoms with Crippen LogP contribution in [-0.2, 0) is 10.8 Å². The van der Waals surface area contributed by atoms with Gasteiger partial charge >= 0.3 is 0 Å². The molecule has 2 aliphatic rings. The first kappa shape index (κ1) is 17.5. The van der Waals surface area contributed by atoms with E-state index in [-0.39, 0.29) is 10.8 Å². The molecule has 4 aromatic carbocycles. The highest BCUT2D eigenvalue weighted by Gasteiger charge is 2.52. The van der Waals surface area contributed by atoms with Crippen LogP contribution in [0.15, 0.2) is 91.0 Å². The van der Waals surface area contributed by atoms with Crippen LogP contribution in [0.2, 0.25) is 0 Å². The van der Waals surface area contributed by atoms with E-state index in [9.17, 15) is 0 Å². The molecule has 0 saturated carbocycles. The molecule has 1 heterocycles. The maximum atomic E-state index is 6.42. The average molecular weight is 389 g/mol. The minimum absolute atomic E-state index is 0.0763. The molecule has 0 aromatic heterocycles. The van der Waals surface area contributed by atoms with E-state index in [1.54, 1.807) is 0 Å². The molecular weight excluding hydrogens is 364 g/mol. The molecule has 4 aromatic rings. The lowest BCUT2D eigenvalue weighted by Crippen LogP contribution is -2.43. The number of aryl methyl sites for hydroxylation is 1. The number of hydrogen-bond acceptors (Lipinski definition) is 1. The molecule has 1 aliphatic heterocycles. The fourth-order valence-corrected chi connectivity index (χ4v) is 5.73. The Hall–Kier alpha value is -3.32. The number of benzene rings is 4. The van der Waals surface area contributed by atoms with Crippen LogP contribution in [0, 0.1) is 6.92 Å². The summed E-state index contributed by atoms with van der Waals surface area (Å²) in [6.07, 6.45) is 0. The van der Waals surface area contributed by atoms with E-state index >= 15 is 0 Å². The van der Waals surface area contributed by atoms with Gasteiger partial charge in [0.25, 0.3) is 0 Å². The Labute approximate surface area is 178 Å². The SMILES string of the molecule is Cc1ccc2c(c1)C1(c3ccccc3Oc3ccccc31)c1ccccc1C2(C)C. The van der Waals surface area contributed by atoms with Gasteiger partial charge in [-0.25, -0.2) is 0 Å². The van der Waals surface area contributed by atoms with E-state index in [2.05, 4.69) is 112 Å². The van der Waals surface area contributed by atoms with Crippen molar-refractivity contribution in [3.63, 3.8) is 0 Å². The van der Waals surface area contributed by atoms with Gasteiger partial charge < -0.3 is 4.74 Å². The molecule has 1 heteroatoms. The molecule has 0 saturated heterocycles. The van der Waals surface area contributed by atoms with Crippen molar-refractivity contribution in [2.45, 2.75) is 31.6 Å². The minimum Gasteiger partial charge on any atom is -0.457 e. The standard InChI is InChI=1S/C29H24O/c1-19-16-17-21-25(18-19)29(22-11-5-4-10-20(22)28(21,2)3)23-12-6-8-14-26(23)30-27-15-9-7-13-24(27)29/h4-18H,1-3H3. The quantitative estimate of drug-likeness (QED) is 0.274. The highest BCUT2D eigenvalue weighted by Crippen LogP contribution is 2.61. The zero-order valence-electron chi connectivity index (χ0n) is 17.6. The molecule has 0 fully saturated rings. The van der Waals surface area contributed by atoms with Gasteiger partial charge in [0.15, 0.2) is 0 Å². The zero-order chi connectivity index (χ0) is 20.5. The molecule has 0 bridgehead atoms. The Balaban J connectivity index is 1.89. The molecule has 30 heavy (non-hydrogen) atoms. The second-order valence-electron chi connectivity index (χ2n) is 9.06.